The summed E-state index contributed by atoms with van der Waals surface area (Å²) in [6.45, 7) is 5.29. The first kappa shape index (κ1) is 30.9. The Bertz CT molecular complexity index is 1380. The fraction of sp³-hybridized carbons (Fsp3) is 0.600. The molecule has 1 aromatic rings. The molecule has 1 fully saturated rings. The number of aliphatic hydroxyl groups excluding tert-OH is 1. The number of guanidine groups is 1. The number of carbonyl (C=O) groups excluding carboxylic acids is 1. The highest BCUT2D eigenvalue weighted by Crippen LogP contribution is 2.48. The number of ether oxygens (including phenoxy) is 5. The van der Waals surface area contributed by atoms with E-state index in [9.17, 15) is 14.5 Å². The smallest absolute Gasteiger partial charge is 0.459 e. The number of hydrogen-bond acceptors (Lipinski definition) is 15. The monoisotopic (exact) mass is 628 g/mol. The highest BCUT2D eigenvalue weighted by molar-refractivity contribution is 7.52. The van der Waals surface area contributed by atoms with Crippen LogP contribution in [-0.2, 0) is 28.1 Å². The molecule has 0 bridgehead atoms. The zero-order chi connectivity index (χ0) is 31.1. The molecule has 4 aliphatic heterocycles. The minimum atomic E-state index is -4.40. The van der Waals surface area contributed by atoms with Crippen molar-refractivity contribution in [1.29, 1.82) is 0 Å². The van der Waals surface area contributed by atoms with Crippen LogP contribution in [0.3, 0.4) is 0 Å². The predicted molar refractivity (Wildman–Crippen MR) is 149 cm³/mol. The van der Waals surface area contributed by atoms with Crippen molar-refractivity contribution in [2.45, 2.75) is 76.2 Å². The van der Waals surface area contributed by atoms with E-state index in [0.717, 1.165) is 6.92 Å². The molecule has 8 atom stereocenters. The molecular weight excluding hydrogens is 594 g/mol. The zero-order valence-electron chi connectivity index (χ0n) is 24.1. The standard InChI is InChI=1S/C25H34FN6O10P/c1-12(2)40-22(34)13(3)31-43(35,42-14-6-7-15-16(8-14)38-11-37-15)39-9-17-19(33)25(4,26)23(41-17)32-10-28-18-20(32)29-24(27)30-21(18)36-5/h6-8,10,12-13,17-20,23,33H,9,11H2,1-5H3,(H2,27,29)(H,31,35)/t13-,17+,18?,19+,20?,23+,25+,43+/m0/s1. The van der Waals surface area contributed by atoms with E-state index in [0.29, 0.717) is 11.5 Å². The predicted octanol–water partition coefficient (Wildman–Crippen LogP) is 1.07. The summed E-state index contributed by atoms with van der Waals surface area (Å²) in [5.74, 6) is 0.254. The van der Waals surface area contributed by atoms with Crippen molar-refractivity contribution >= 4 is 31.9 Å². The van der Waals surface area contributed by atoms with Crippen molar-refractivity contribution in [3.63, 3.8) is 0 Å². The van der Waals surface area contributed by atoms with Gasteiger partial charge < -0.3 is 43.9 Å². The molecule has 4 N–H and O–H groups in total. The van der Waals surface area contributed by atoms with Gasteiger partial charge in [0.2, 0.25) is 18.7 Å². The van der Waals surface area contributed by atoms with E-state index >= 15 is 4.39 Å². The Morgan fingerprint density at radius 2 is 2.07 bits per heavy atom. The van der Waals surface area contributed by atoms with Gasteiger partial charge in [-0.05, 0) is 39.8 Å². The fourth-order valence-corrected chi connectivity index (χ4v) is 6.32. The molecule has 0 saturated carbocycles. The number of hydrogen-bond donors (Lipinski definition) is 3. The molecule has 0 radical (unpaired) electrons. The lowest BCUT2D eigenvalue weighted by molar-refractivity contribution is -0.149. The number of aliphatic imine (C=N–C) groups is 3. The third kappa shape index (κ3) is 6.26. The number of nitrogens with two attached hydrogens (primary N) is 1. The summed E-state index contributed by atoms with van der Waals surface area (Å²) in [5, 5.41) is 13.5. The Hall–Kier alpha value is -3.50. The van der Waals surface area contributed by atoms with Gasteiger partial charge in [0.1, 0.15) is 24.0 Å². The number of methoxy groups -OCH3 is 1. The van der Waals surface area contributed by atoms with Crippen molar-refractivity contribution in [3.05, 3.63) is 18.2 Å². The second kappa shape index (κ2) is 11.9. The van der Waals surface area contributed by atoms with Crippen molar-refractivity contribution in [1.82, 2.24) is 9.99 Å². The topological polar surface area (TPSA) is 197 Å². The molecular formula is C25H34FN6O10P. The maximum atomic E-state index is 16.1. The Kier molecular flexibility index (Phi) is 8.55. The average molecular weight is 629 g/mol. The van der Waals surface area contributed by atoms with Crippen LogP contribution < -0.4 is 24.8 Å². The van der Waals surface area contributed by atoms with Crippen molar-refractivity contribution < 1.29 is 51.6 Å². The van der Waals surface area contributed by atoms with Crippen LogP contribution in [0, 0.1) is 0 Å². The van der Waals surface area contributed by atoms with Gasteiger partial charge in [0, 0.05) is 6.07 Å². The Morgan fingerprint density at radius 1 is 1.33 bits per heavy atom. The molecule has 18 heteroatoms. The molecule has 0 aromatic heterocycles. The van der Waals surface area contributed by atoms with Crippen LogP contribution in [0.5, 0.6) is 17.2 Å². The minimum Gasteiger partial charge on any atom is -0.482 e. The van der Waals surface area contributed by atoms with Crippen LogP contribution >= 0.6 is 7.75 Å². The number of esters is 1. The number of rotatable bonds is 10. The van der Waals surface area contributed by atoms with Gasteiger partial charge in [-0.1, -0.05) is 0 Å². The molecule has 0 spiro atoms. The molecule has 5 rings (SSSR count). The van der Waals surface area contributed by atoms with Gasteiger partial charge in [-0.2, -0.15) is 10.1 Å². The average Bonchev–Trinajstić information content (AvgIpc) is 3.63. The summed E-state index contributed by atoms with van der Waals surface area (Å²) >= 11 is 0. The molecule has 236 valence electrons. The first-order valence-corrected chi connectivity index (χ1v) is 15.0. The SMILES string of the molecule is COC1=NC(N)=NC2C1N=CN2[C@@H]1O[C@H](CO[P@](=O)(N[C@@H](C)C(=O)OC(C)C)Oc2ccc3c(c2)OCO3)[C@@H](O)[C@@]1(C)F. The number of aliphatic hydroxyl groups is 1. The number of fused-ring (bicyclic) bond motifs is 2. The number of benzene rings is 1. The summed E-state index contributed by atoms with van der Waals surface area (Å²) in [4.78, 5) is 26.4. The summed E-state index contributed by atoms with van der Waals surface area (Å²) in [7, 11) is -3.00. The summed E-state index contributed by atoms with van der Waals surface area (Å²) < 4.78 is 68.3. The molecule has 1 saturated heterocycles. The van der Waals surface area contributed by atoms with E-state index in [1.807, 2.05) is 0 Å². The number of nitrogens with zero attached hydrogens (tertiary/aromatic N) is 4. The van der Waals surface area contributed by atoms with Crippen LogP contribution in [0.15, 0.2) is 33.2 Å². The van der Waals surface area contributed by atoms with Crippen LogP contribution in [0.2, 0.25) is 0 Å². The van der Waals surface area contributed by atoms with E-state index in [1.165, 1.54) is 37.4 Å². The van der Waals surface area contributed by atoms with Crippen LogP contribution in [0.4, 0.5) is 4.39 Å². The van der Waals surface area contributed by atoms with E-state index in [1.54, 1.807) is 19.9 Å². The fourth-order valence-electron chi connectivity index (χ4n) is 4.83. The lowest BCUT2D eigenvalue weighted by Crippen LogP contribution is -2.54. The largest absolute Gasteiger partial charge is 0.482 e. The Morgan fingerprint density at radius 3 is 2.79 bits per heavy atom. The molecule has 4 aliphatic rings. The third-order valence-corrected chi connectivity index (χ3v) is 8.57. The molecule has 0 aliphatic carbocycles. The lowest BCUT2D eigenvalue weighted by atomic mass is 9.97. The van der Waals surface area contributed by atoms with E-state index in [4.69, 9.17) is 38.5 Å². The van der Waals surface area contributed by atoms with Gasteiger partial charge in [0.25, 0.3) is 0 Å². The van der Waals surface area contributed by atoms with Crippen molar-refractivity contribution in [3.8, 4) is 17.2 Å². The normalized spacial score (nSPS) is 31.3. The van der Waals surface area contributed by atoms with Gasteiger partial charge in [0.05, 0.1) is 26.2 Å². The van der Waals surface area contributed by atoms with Gasteiger partial charge >= 0.3 is 13.7 Å². The summed E-state index contributed by atoms with van der Waals surface area (Å²) in [5.41, 5.74) is 3.44. The lowest BCUT2D eigenvalue weighted by Gasteiger charge is -2.35. The molecule has 2 unspecified atom stereocenters. The number of nitrogens with one attached hydrogen (secondary N) is 1. The van der Waals surface area contributed by atoms with Gasteiger partial charge in [-0.3, -0.25) is 14.3 Å². The molecule has 4 heterocycles. The van der Waals surface area contributed by atoms with E-state index < -0.39 is 68.8 Å². The minimum absolute atomic E-state index is 0.00413. The Labute approximate surface area is 246 Å². The van der Waals surface area contributed by atoms with Gasteiger partial charge in [-0.25, -0.2) is 13.9 Å². The second-order valence-electron chi connectivity index (χ2n) is 10.6. The summed E-state index contributed by atoms with van der Waals surface area (Å²) in [6.07, 6.45) is -4.42. The summed E-state index contributed by atoms with van der Waals surface area (Å²) in [6, 6.07) is 2.61. The number of halogens is 1. The van der Waals surface area contributed by atoms with E-state index in [2.05, 4.69) is 20.1 Å². The van der Waals surface area contributed by atoms with Crippen molar-refractivity contribution in [2.75, 3.05) is 20.5 Å². The molecule has 0 amide bonds. The molecule has 43 heavy (non-hydrogen) atoms. The van der Waals surface area contributed by atoms with Crippen LogP contribution in [0.25, 0.3) is 0 Å². The van der Waals surface area contributed by atoms with Crippen molar-refractivity contribution in [2.24, 2.45) is 20.7 Å². The van der Waals surface area contributed by atoms with Gasteiger partial charge in [0.15, 0.2) is 35.6 Å². The maximum Gasteiger partial charge on any atom is 0.459 e. The number of alkyl halides is 1. The first-order valence-electron chi connectivity index (χ1n) is 13.4. The van der Waals surface area contributed by atoms with Gasteiger partial charge in [-0.15, -0.1) is 0 Å². The second-order valence-corrected chi connectivity index (χ2v) is 12.3. The van der Waals surface area contributed by atoms with Crippen LogP contribution in [-0.4, -0.2) is 103 Å². The number of carbonyl (C=O) groups is 1. The maximum absolute atomic E-state index is 16.1. The molecule has 1 aromatic carbocycles. The first-order chi connectivity index (χ1) is 20.3. The van der Waals surface area contributed by atoms with E-state index in [-0.39, 0.29) is 24.4 Å². The van der Waals surface area contributed by atoms with Crippen LogP contribution in [0.1, 0.15) is 27.7 Å². The third-order valence-electron chi connectivity index (χ3n) is 6.92. The molecule has 16 nitrogen and oxygen atoms in total. The Balaban J connectivity index is 1.33. The quantitative estimate of drug-likeness (QED) is 0.246. The highest BCUT2D eigenvalue weighted by atomic mass is 31.2. The highest BCUT2D eigenvalue weighted by Gasteiger charge is 2.59. The zero-order valence-corrected chi connectivity index (χ0v) is 25.0.